The highest BCUT2D eigenvalue weighted by Crippen LogP contribution is 2.56. The van der Waals surface area contributed by atoms with E-state index in [4.69, 9.17) is 9.15 Å². The lowest BCUT2D eigenvalue weighted by Gasteiger charge is -2.37. The molecule has 1 aromatic carbocycles. The molecule has 4 atom stereocenters. The SMILES string of the molecule is COC(=O)[C@@]1(C#N)[C@@H]2C=Cc3ccccc3N2[C@@H](C(=O)C(C)(C)C)[C@@H]1c1ccco1. The van der Waals surface area contributed by atoms with E-state index in [0.717, 1.165) is 11.3 Å². The molecule has 0 N–H and O–H groups in total. The number of carbonyl (C=O) groups excluding carboxylic acids is 2. The first-order valence-corrected chi connectivity index (χ1v) is 9.90. The number of nitrogens with zero attached hydrogens (tertiary/aromatic N) is 2. The Morgan fingerprint density at radius 1 is 1.20 bits per heavy atom. The molecule has 0 amide bonds. The quantitative estimate of drug-likeness (QED) is 0.721. The maximum atomic E-state index is 13.8. The number of carbonyl (C=O) groups is 2. The number of ketones is 1. The molecule has 3 heterocycles. The maximum Gasteiger partial charge on any atom is 0.329 e. The van der Waals surface area contributed by atoms with Crippen molar-refractivity contribution in [2.75, 3.05) is 12.0 Å². The summed E-state index contributed by atoms with van der Waals surface area (Å²) in [4.78, 5) is 28.9. The number of para-hydroxylation sites is 1. The van der Waals surface area contributed by atoms with Gasteiger partial charge in [0.1, 0.15) is 11.8 Å². The number of benzene rings is 1. The highest BCUT2D eigenvalue weighted by molar-refractivity contribution is 5.99. The summed E-state index contributed by atoms with van der Waals surface area (Å²) in [6.45, 7) is 5.54. The zero-order valence-electron chi connectivity index (χ0n) is 17.5. The van der Waals surface area contributed by atoms with E-state index in [0.29, 0.717) is 5.76 Å². The normalized spacial score (nSPS) is 27.2. The first-order valence-electron chi connectivity index (χ1n) is 9.90. The Morgan fingerprint density at radius 3 is 2.53 bits per heavy atom. The summed E-state index contributed by atoms with van der Waals surface area (Å²) < 4.78 is 10.8. The molecule has 2 aromatic rings. The Morgan fingerprint density at radius 2 is 1.93 bits per heavy atom. The van der Waals surface area contributed by atoms with Gasteiger partial charge in [-0.25, -0.2) is 0 Å². The highest BCUT2D eigenvalue weighted by atomic mass is 16.5. The third kappa shape index (κ3) is 2.62. The Kier molecular flexibility index (Phi) is 4.58. The molecular weight excluding hydrogens is 380 g/mol. The minimum atomic E-state index is -1.64. The molecule has 4 rings (SSSR count). The van der Waals surface area contributed by atoms with Gasteiger partial charge in [-0.1, -0.05) is 51.1 Å². The molecule has 30 heavy (non-hydrogen) atoms. The van der Waals surface area contributed by atoms with Gasteiger partial charge in [-0.15, -0.1) is 0 Å². The molecule has 0 unspecified atom stereocenters. The van der Waals surface area contributed by atoms with Gasteiger partial charge in [0.05, 0.1) is 31.4 Å². The molecule has 154 valence electrons. The van der Waals surface area contributed by atoms with E-state index >= 15 is 0 Å². The van der Waals surface area contributed by atoms with Crippen LogP contribution >= 0.6 is 0 Å². The number of nitriles is 1. The first-order chi connectivity index (χ1) is 14.3. The topological polar surface area (TPSA) is 83.5 Å². The van der Waals surface area contributed by atoms with E-state index in [1.807, 2.05) is 62.1 Å². The summed E-state index contributed by atoms with van der Waals surface area (Å²) in [5, 5.41) is 10.4. The number of fused-ring (bicyclic) bond motifs is 3. The average Bonchev–Trinajstić information content (AvgIpc) is 3.36. The number of Topliss-reactive ketones (excluding diaryl/α,β-unsaturated/α-hetero) is 1. The number of rotatable bonds is 3. The second-order valence-electron chi connectivity index (χ2n) is 8.79. The van der Waals surface area contributed by atoms with Crippen LogP contribution in [0.2, 0.25) is 0 Å². The van der Waals surface area contributed by atoms with Crippen LogP contribution in [0.4, 0.5) is 5.69 Å². The molecule has 2 aliphatic rings. The van der Waals surface area contributed by atoms with Gasteiger partial charge < -0.3 is 14.1 Å². The van der Waals surface area contributed by atoms with Crippen molar-refractivity contribution in [2.24, 2.45) is 10.8 Å². The number of hydrogen-bond acceptors (Lipinski definition) is 6. The Balaban J connectivity index is 2.05. The van der Waals surface area contributed by atoms with Crippen LogP contribution in [0.3, 0.4) is 0 Å². The summed E-state index contributed by atoms with van der Waals surface area (Å²) in [5.74, 6) is -1.14. The minimum absolute atomic E-state index is 0.0694. The molecule has 0 saturated carbocycles. The zero-order valence-corrected chi connectivity index (χ0v) is 17.5. The van der Waals surface area contributed by atoms with Crippen LogP contribution in [-0.4, -0.2) is 30.9 Å². The van der Waals surface area contributed by atoms with Crippen LogP contribution in [-0.2, 0) is 14.3 Å². The molecule has 1 aromatic heterocycles. The summed E-state index contributed by atoms with van der Waals surface area (Å²) in [7, 11) is 1.27. The van der Waals surface area contributed by atoms with Crippen molar-refractivity contribution < 1.29 is 18.7 Å². The minimum Gasteiger partial charge on any atom is -0.469 e. The first kappa shape index (κ1) is 20.0. The number of anilines is 1. The van der Waals surface area contributed by atoms with Gasteiger partial charge in [-0.2, -0.15) is 5.26 Å². The number of esters is 1. The fraction of sp³-hybridized carbons (Fsp3) is 0.375. The third-order valence-electron chi connectivity index (χ3n) is 6.11. The van der Waals surface area contributed by atoms with Gasteiger partial charge in [0.15, 0.2) is 11.2 Å². The van der Waals surface area contributed by atoms with Crippen molar-refractivity contribution in [3.63, 3.8) is 0 Å². The second kappa shape index (κ2) is 6.88. The van der Waals surface area contributed by atoms with E-state index in [1.165, 1.54) is 13.4 Å². The van der Waals surface area contributed by atoms with Crippen molar-refractivity contribution in [1.82, 2.24) is 0 Å². The van der Waals surface area contributed by atoms with Gasteiger partial charge in [0, 0.05) is 11.1 Å². The van der Waals surface area contributed by atoms with E-state index in [2.05, 4.69) is 6.07 Å². The summed E-state index contributed by atoms with van der Waals surface area (Å²) in [6.07, 6.45) is 5.22. The number of ether oxygens (including phenoxy) is 1. The molecular formula is C24H24N2O4. The Labute approximate surface area is 175 Å². The second-order valence-corrected chi connectivity index (χ2v) is 8.79. The van der Waals surface area contributed by atoms with E-state index < -0.39 is 34.8 Å². The van der Waals surface area contributed by atoms with E-state index in [9.17, 15) is 14.9 Å². The Bertz CT molecular complexity index is 1060. The third-order valence-corrected chi connectivity index (χ3v) is 6.11. The number of hydrogen-bond donors (Lipinski definition) is 0. The van der Waals surface area contributed by atoms with Crippen molar-refractivity contribution >= 4 is 23.5 Å². The monoisotopic (exact) mass is 404 g/mol. The standard InChI is InChI=1S/C24H24N2O4/c1-23(2,3)21(27)20-19(17-10-7-13-30-17)24(14-25,22(28)29-4)18-12-11-15-8-5-6-9-16(15)26(18)20/h5-13,18-20H,1-4H3/t18-,19-,20+,24-/m0/s1. The molecule has 6 nitrogen and oxygen atoms in total. The van der Waals surface area contributed by atoms with Crippen LogP contribution in [0, 0.1) is 22.2 Å². The number of furan rings is 1. The van der Waals surface area contributed by atoms with Gasteiger partial charge in [0.2, 0.25) is 0 Å². The molecule has 0 bridgehead atoms. The van der Waals surface area contributed by atoms with Crippen LogP contribution in [0.1, 0.15) is 38.0 Å². The maximum absolute atomic E-state index is 13.8. The molecule has 0 spiro atoms. The van der Waals surface area contributed by atoms with Crippen molar-refractivity contribution in [2.45, 2.75) is 38.8 Å². The smallest absolute Gasteiger partial charge is 0.329 e. The molecule has 6 heteroatoms. The molecule has 0 aliphatic carbocycles. The lowest BCUT2D eigenvalue weighted by atomic mass is 9.68. The molecule has 0 radical (unpaired) electrons. The van der Waals surface area contributed by atoms with Gasteiger partial charge in [-0.05, 0) is 23.8 Å². The predicted molar refractivity (Wildman–Crippen MR) is 112 cm³/mol. The van der Waals surface area contributed by atoms with Crippen molar-refractivity contribution in [1.29, 1.82) is 5.26 Å². The zero-order chi connectivity index (χ0) is 21.7. The largest absolute Gasteiger partial charge is 0.469 e. The van der Waals surface area contributed by atoms with Crippen LogP contribution in [0.5, 0.6) is 0 Å². The average molecular weight is 404 g/mol. The van der Waals surface area contributed by atoms with Crippen LogP contribution in [0.15, 0.2) is 53.2 Å². The predicted octanol–water partition coefficient (Wildman–Crippen LogP) is 3.95. The summed E-state index contributed by atoms with van der Waals surface area (Å²) in [5.41, 5.74) is -0.595. The van der Waals surface area contributed by atoms with Crippen molar-refractivity contribution in [3.05, 3.63) is 60.1 Å². The van der Waals surface area contributed by atoms with Gasteiger partial charge >= 0.3 is 5.97 Å². The van der Waals surface area contributed by atoms with E-state index in [1.54, 1.807) is 12.1 Å². The molecule has 2 aliphatic heterocycles. The lowest BCUT2D eigenvalue weighted by Crippen LogP contribution is -2.48. The van der Waals surface area contributed by atoms with Crippen LogP contribution < -0.4 is 4.90 Å². The fourth-order valence-electron chi connectivity index (χ4n) is 4.76. The van der Waals surface area contributed by atoms with Gasteiger partial charge in [0.25, 0.3) is 0 Å². The number of methoxy groups -OCH3 is 1. The molecule has 1 fully saturated rings. The fourth-order valence-corrected chi connectivity index (χ4v) is 4.76. The Hall–Kier alpha value is -3.33. The van der Waals surface area contributed by atoms with Crippen LogP contribution in [0.25, 0.3) is 6.08 Å². The highest BCUT2D eigenvalue weighted by Gasteiger charge is 2.68. The van der Waals surface area contributed by atoms with Gasteiger partial charge in [-0.3, -0.25) is 9.59 Å². The van der Waals surface area contributed by atoms with E-state index in [-0.39, 0.29) is 5.78 Å². The molecule has 1 saturated heterocycles. The lowest BCUT2D eigenvalue weighted by molar-refractivity contribution is -0.150. The van der Waals surface area contributed by atoms with Crippen molar-refractivity contribution in [3.8, 4) is 6.07 Å². The summed E-state index contributed by atoms with van der Waals surface area (Å²) in [6, 6.07) is 11.9. The summed E-state index contributed by atoms with van der Waals surface area (Å²) >= 11 is 0.